The Morgan fingerprint density at radius 3 is 2.28 bits per heavy atom. The SMILES string of the molecule is CCc1ccc(COC[C@H](NC)[C@@H](O)C[C@H](C(=O)N[C@H](C(=O)NCc2ccc(F)cc2)[C@@H](C)CC)C(C)C)cc1OCCCOC. The topological polar surface area (TPSA) is 118 Å². The van der Waals surface area contributed by atoms with E-state index in [0.29, 0.717) is 26.2 Å². The van der Waals surface area contributed by atoms with Crippen LogP contribution in [0.2, 0.25) is 0 Å². The first-order valence-corrected chi connectivity index (χ1v) is 16.5. The van der Waals surface area contributed by atoms with Gasteiger partial charge in [0, 0.05) is 32.6 Å². The van der Waals surface area contributed by atoms with Gasteiger partial charge in [0.2, 0.25) is 11.8 Å². The molecule has 0 saturated heterocycles. The van der Waals surface area contributed by atoms with Gasteiger partial charge in [0.1, 0.15) is 17.6 Å². The smallest absolute Gasteiger partial charge is 0.243 e. The van der Waals surface area contributed by atoms with Crippen molar-refractivity contribution in [2.45, 2.75) is 91.6 Å². The van der Waals surface area contributed by atoms with Crippen LogP contribution < -0.4 is 20.7 Å². The second-order valence-electron chi connectivity index (χ2n) is 12.3. The number of carbonyl (C=O) groups excluding carboxylic acids is 2. The van der Waals surface area contributed by atoms with E-state index in [2.05, 4.69) is 28.9 Å². The molecule has 0 spiro atoms. The van der Waals surface area contributed by atoms with Crippen LogP contribution in [-0.2, 0) is 38.6 Å². The highest BCUT2D eigenvalue weighted by atomic mass is 19.1. The van der Waals surface area contributed by atoms with Gasteiger partial charge in [0.15, 0.2) is 0 Å². The number of likely N-dealkylation sites (N-methyl/N-ethyl adjacent to an activating group) is 1. The molecule has 0 radical (unpaired) electrons. The van der Waals surface area contributed by atoms with Crippen LogP contribution in [0.5, 0.6) is 5.75 Å². The van der Waals surface area contributed by atoms with Crippen LogP contribution in [0.3, 0.4) is 0 Å². The van der Waals surface area contributed by atoms with Gasteiger partial charge in [-0.1, -0.05) is 65.3 Å². The fraction of sp³-hybridized carbons (Fsp3) is 0.611. The summed E-state index contributed by atoms with van der Waals surface area (Å²) in [5.41, 5.74) is 2.86. The van der Waals surface area contributed by atoms with Crippen molar-refractivity contribution in [1.29, 1.82) is 0 Å². The Morgan fingerprint density at radius 1 is 0.978 bits per heavy atom. The van der Waals surface area contributed by atoms with Gasteiger partial charge < -0.3 is 35.3 Å². The van der Waals surface area contributed by atoms with Crippen LogP contribution in [0, 0.1) is 23.6 Å². The number of aliphatic hydroxyl groups is 1. The van der Waals surface area contributed by atoms with Crippen LogP contribution in [0.1, 0.15) is 70.6 Å². The van der Waals surface area contributed by atoms with Crippen LogP contribution >= 0.6 is 0 Å². The van der Waals surface area contributed by atoms with Crippen molar-refractivity contribution >= 4 is 11.8 Å². The zero-order chi connectivity index (χ0) is 34.1. The molecule has 0 bridgehead atoms. The van der Waals surface area contributed by atoms with Gasteiger partial charge in [0.05, 0.1) is 32.0 Å². The van der Waals surface area contributed by atoms with E-state index in [1.54, 1.807) is 26.3 Å². The highest BCUT2D eigenvalue weighted by molar-refractivity contribution is 5.88. The quantitative estimate of drug-likeness (QED) is 0.136. The highest BCUT2D eigenvalue weighted by Gasteiger charge is 2.33. The molecule has 9 nitrogen and oxygen atoms in total. The number of methoxy groups -OCH3 is 1. The Morgan fingerprint density at radius 2 is 1.67 bits per heavy atom. The summed E-state index contributed by atoms with van der Waals surface area (Å²) < 4.78 is 30.4. The van der Waals surface area contributed by atoms with E-state index in [1.807, 2.05) is 39.8 Å². The number of halogens is 1. The van der Waals surface area contributed by atoms with Gasteiger partial charge in [-0.2, -0.15) is 0 Å². The third-order valence-corrected chi connectivity index (χ3v) is 8.47. The molecule has 0 fully saturated rings. The number of carbonyl (C=O) groups is 2. The average molecular weight is 646 g/mol. The van der Waals surface area contributed by atoms with Crippen molar-refractivity contribution in [1.82, 2.24) is 16.0 Å². The minimum atomic E-state index is -0.861. The van der Waals surface area contributed by atoms with Gasteiger partial charge in [-0.25, -0.2) is 4.39 Å². The Hall–Kier alpha value is -3.05. The first-order valence-electron chi connectivity index (χ1n) is 16.5. The summed E-state index contributed by atoms with van der Waals surface area (Å²) in [6.07, 6.45) is 1.69. The maximum Gasteiger partial charge on any atom is 0.243 e. The summed E-state index contributed by atoms with van der Waals surface area (Å²) >= 11 is 0. The molecule has 10 heteroatoms. The van der Waals surface area contributed by atoms with Crippen LogP contribution in [-0.4, -0.2) is 69.1 Å². The van der Waals surface area contributed by atoms with Gasteiger partial charge in [-0.05, 0) is 66.6 Å². The molecule has 2 amide bonds. The van der Waals surface area contributed by atoms with Crippen molar-refractivity contribution in [3.05, 3.63) is 65.0 Å². The fourth-order valence-corrected chi connectivity index (χ4v) is 5.16. The van der Waals surface area contributed by atoms with E-state index in [9.17, 15) is 19.1 Å². The Kier molecular flexibility index (Phi) is 17.8. The second kappa shape index (κ2) is 20.9. The molecule has 2 aromatic carbocycles. The van der Waals surface area contributed by atoms with Crippen LogP contribution in [0.25, 0.3) is 0 Å². The first-order chi connectivity index (χ1) is 22.0. The molecule has 4 N–H and O–H groups in total. The minimum absolute atomic E-state index is 0.0766. The van der Waals surface area contributed by atoms with E-state index < -0.39 is 24.1 Å². The molecular formula is C36H56FN3O6. The average Bonchev–Trinajstić information content (AvgIpc) is 3.05. The maximum atomic E-state index is 13.6. The van der Waals surface area contributed by atoms with Crippen molar-refractivity contribution in [2.24, 2.45) is 17.8 Å². The largest absolute Gasteiger partial charge is 0.493 e. The summed E-state index contributed by atoms with van der Waals surface area (Å²) in [5, 5.41) is 20.2. The zero-order valence-electron chi connectivity index (χ0n) is 28.7. The van der Waals surface area contributed by atoms with Gasteiger partial charge >= 0.3 is 0 Å². The molecule has 0 aliphatic carbocycles. The van der Waals surface area contributed by atoms with E-state index >= 15 is 0 Å². The monoisotopic (exact) mass is 645 g/mol. The lowest BCUT2D eigenvalue weighted by Crippen LogP contribution is -2.53. The molecule has 0 aliphatic heterocycles. The number of hydrogen-bond donors (Lipinski definition) is 4. The summed E-state index contributed by atoms with van der Waals surface area (Å²) in [5.74, 6) is -0.794. The molecule has 0 heterocycles. The Bertz CT molecular complexity index is 1180. The fourth-order valence-electron chi connectivity index (χ4n) is 5.16. The predicted molar refractivity (Wildman–Crippen MR) is 179 cm³/mol. The Balaban J connectivity index is 1.99. The van der Waals surface area contributed by atoms with E-state index in [4.69, 9.17) is 14.2 Å². The zero-order valence-corrected chi connectivity index (χ0v) is 28.7. The molecule has 0 saturated carbocycles. The van der Waals surface area contributed by atoms with Gasteiger partial charge in [0.25, 0.3) is 0 Å². The molecule has 2 rings (SSSR count). The summed E-state index contributed by atoms with van der Waals surface area (Å²) in [6.45, 7) is 11.9. The van der Waals surface area contributed by atoms with E-state index in [0.717, 1.165) is 35.3 Å². The number of benzene rings is 2. The molecule has 2 aromatic rings. The molecule has 258 valence electrons. The summed E-state index contributed by atoms with van der Waals surface area (Å²) in [4.78, 5) is 26.7. The molecule has 0 unspecified atom stereocenters. The number of aliphatic hydroxyl groups excluding tert-OH is 1. The number of aryl methyl sites for hydroxylation is 1. The predicted octanol–water partition coefficient (Wildman–Crippen LogP) is 4.78. The number of amides is 2. The van der Waals surface area contributed by atoms with Gasteiger partial charge in [-0.15, -0.1) is 0 Å². The number of hydrogen-bond acceptors (Lipinski definition) is 7. The third kappa shape index (κ3) is 13.0. The van der Waals surface area contributed by atoms with Crippen LogP contribution in [0.15, 0.2) is 42.5 Å². The molecule has 0 aromatic heterocycles. The van der Waals surface area contributed by atoms with Crippen LogP contribution in [0.4, 0.5) is 4.39 Å². The lowest BCUT2D eigenvalue weighted by Gasteiger charge is -2.30. The molecular weight excluding hydrogens is 589 g/mol. The van der Waals surface area contributed by atoms with E-state index in [1.165, 1.54) is 12.1 Å². The summed E-state index contributed by atoms with van der Waals surface area (Å²) in [7, 11) is 3.43. The molecule has 5 atom stereocenters. The molecule has 0 aliphatic rings. The maximum absolute atomic E-state index is 13.6. The second-order valence-corrected chi connectivity index (χ2v) is 12.3. The highest BCUT2D eigenvalue weighted by Crippen LogP contribution is 2.23. The number of rotatable bonds is 22. The van der Waals surface area contributed by atoms with Crippen molar-refractivity contribution in [2.75, 3.05) is 34.0 Å². The van der Waals surface area contributed by atoms with Gasteiger partial charge in [-0.3, -0.25) is 9.59 Å². The van der Waals surface area contributed by atoms with Crippen molar-refractivity contribution in [3.8, 4) is 5.75 Å². The summed E-state index contributed by atoms with van der Waals surface area (Å²) in [6, 6.07) is 10.8. The normalized spacial score (nSPS) is 14.7. The first kappa shape index (κ1) is 39.1. The lowest BCUT2D eigenvalue weighted by atomic mass is 9.86. The lowest BCUT2D eigenvalue weighted by molar-refractivity contribution is -0.134. The Labute approximate surface area is 275 Å². The third-order valence-electron chi connectivity index (χ3n) is 8.47. The minimum Gasteiger partial charge on any atom is -0.493 e. The standard InChI is InChI=1S/C36H56FN3O6/c1-8-25(5)34(36(43)39-21-26-12-15-29(37)16-13-26)40-35(42)30(24(3)4)20-32(41)31(38-6)23-45-22-27-11-14-28(9-2)33(19-27)46-18-10-17-44-7/h11-16,19,24-25,30-32,34,38,41H,8-10,17-18,20-23H2,1-7H3,(H,39,43)(H,40,42)/t25-,30-,31-,32-,34-/m0/s1. The number of ether oxygens (including phenoxy) is 3. The van der Waals surface area contributed by atoms with E-state index in [-0.39, 0.29) is 49.0 Å². The molecule has 46 heavy (non-hydrogen) atoms. The number of nitrogens with one attached hydrogen (secondary N) is 3. The van der Waals surface area contributed by atoms with Crippen molar-refractivity contribution in [3.63, 3.8) is 0 Å². The van der Waals surface area contributed by atoms with Crippen molar-refractivity contribution < 1.29 is 33.3 Å².